The Balaban J connectivity index is 1.58. The second-order valence-electron chi connectivity index (χ2n) is 17.7. The van der Waals surface area contributed by atoms with E-state index in [4.69, 9.17) is 29.4 Å². The van der Waals surface area contributed by atoms with E-state index < -0.39 is 139 Å². The zero-order chi connectivity index (χ0) is 49.5. The van der Waals surface area contributed by atoms with Crippen molar-refractivity contribution in [2.75, 3.05) is 27.2 Å². The fourth-order valence-corrected chi connectivity index (χ4v) is 8.66. The molecule has 0 spiro atoms. The number of carbonyl (C=O) groups excluding carboxylic acids is 3. The van der Waals surface area contributed by atoms with Crippen LogP contribution in [0.1, 0.15) is 104 Å². The highest BCUT2D eigenvalue weighted by molar-refractivity contribution is 5.88. The number of likely N-dealkylation sites (N-methyl/N-ethyl adjacent to an activating group) is 2. The number of carbonyl (C=O) groups is 5. The van der Waals surface area contributed by atoms with Gasteiger partial charge in [0.25, 0.3) is 5.56 Å². The molecule has 0 saturated carbocycles. The van der Waals surface area contributed by atoms with Crippen LogP contribution < -0.4 is 17.0 Å². The molecule has 1 amide bonds. The van der Waals surface area contributed by atoms with Crippen molar-refractivity contribution in [3.05, 3.63) is 45.3 Å². The minimum atomic E-state index is -1.95. The second kappa shape index (κ2) is 26.2. The third kappa shape index (κ3) is 15.2. The molecule has 4 heterocycles. The average Bonchev–Trinajstić information content (AvgIpc) is 3.66. The summed E-state index contributed by atoms with van der Waals surface area (Å²) in [5.41, 5.74) is 3.91. The Morgan fingerprint density at radius 3 is 2.18 bits per heavy atom. The fourth-order valence-electron chi connectivity index (χ4n) is 8.66. The number of aromatic amines is 1. The SMILES string of the molecule is CCCCCCCC/C=C\CCCC(CC(=O)OC1CN(C)C(C(O[C@@H]2O[C@H](CN)[C@@H](O)[C@H]2O)[C@H]2O[C@@H](n3ccc(=O)[nH]c3=O)[C@H](O)[C@@H]2O)C(=O)N(C)C1C(=O)O)OC(=O)CC(C)CC(=O)O. The van der Waals surface area contributed by atoms with E-state index in [0.717, 1.165) is 48.0 Å². The van der Waals surface area contributed by atoms with Crippen molar-refractivity contribution >= 4 is 29.8 Å². The van der Waals surface area contributed by atoms with E-state index in [9.17, 15) is 64.2 Å². The molecule has 3 saturated heterocycles. The van der Waals surface area contributed by atoms with Gasteiger partial charge in [-0.25, -0.2) is 9.59 Å². The first-order valence-electron chi connectivity index (χ1n) is 22.9. The van der Waals surface area contributed by atoms with Crippen LogP contribution in [0.25, 0.3) is 0 Å². The van der Waals surface area contributed by atoms with Crippen LogP contribution in [0.4, 0.5) is 0 Å². The third-order valence-corrected chi connectivity index (χ3v) is 12.2. The van der Waals surface area contributed by atoms with Gasteiger partial charge in [0.15, 0.2) is 18.6 Å². The summed E-state index contributed by atoms with van der Waals surface area (Å²) in [6, 6.07) is -2.57. The monoisotopic (exact) mass is 955 g/mol. The van der Waals surface area contributed by atoms with E-state index >= 15 is 0 Å². The molecule has 23 nitrogen and oxygen atoms in total. The number of ether oxygens (including phenoxy) is 5. The highest BCUT2D eigenvalue weighted by Gasteiger charge is 2.57. The second-order valence-corrected chi connectivity index (χ2v) is 17.7. The number of hydrogen-bond donors (Lipinski definition) is 8. The van der Waals surface area contributed by atoms with E-state index in [0.29, 0.717) is 12.8 Å². The number of aliphatic carboxylic acids is 2. The number of esters is 2. The number of allylic oxidation sites excluding steroid dienone is 2. The van der Waals surface area contributed by atoms with Crippen LogP contribution >= 0.6 is 0 Å². The molecule has 23 heteroatoms. The number of carboxylic acid groups (broad SMARTS) is 2. The maximum Gasteiger partial charge on any atom is 0.330 e. The lowest BCUT2D eigenvalue weighted by Gasteiger charge is -2.38. The Kier molecular flexibility index (Phi) is 21.5. The largest absolute Gasteiger partial charge is 0.481 e. The molecule has 6 unspecified atom stereocenters. The molecule has 0 bridgehead atoms. The molecular weight excluding hydrogens is 887 g/mol. The van der Waals surface area contributed by atoms with Crippen molar-refractivity contribution in [1.82, 2.24) is 19.4 Å². The lowest BCUT2D eigenvalue weighted by Crippen LogP contribution is -2.59. The molecule has 378 valence electrons. The summed E-state index contributed by atoms with van der Waals surface area (Å²) in [5.74, 6) is -5.97. The average molecular weight is 956 g/mol. The first kappa shape index (κ1) is 55.0. The van der Waals surface area contributed by atoms with Gasteiger partial charge in [-0.3, -0.25) is 38.4 Å². The van der Waals surface area contributed by atoms with Crippen molar-refractivity contribution in [3.63, 3.8) is 0 Å². The zero-order valence-corrected chi connectivity index (χ0v) is 38.5. The van der Waals surface area contributed by atoms with Crippen molar-refractivity contribution in [2.45, 2.75) is 177 Å². The lowest BCUT2D eigenvalue weighted by atomic mass is 9.97. The highest BCUT2D eigenvalue weighted by Crippen LogP contribution is 2.36. The lowest BCUT2D eigenvalue weighted by molar-refractivity contribution is -0.233. The summed E-state index contributed by atoms with van der Waals surface area (Å²) < 4.78 is 30.0. The van der Waals surface area contributed by atoms with E-state index in [1.54, 1.807) is 6.92 Å². The van der Waals surface area contributed by atoms with Crippen molar-refractivity contribution in [1.29, 1.82) is 0 Å². The number of amides is 1. The van der Waals surface area contributed by atoms with Crippen molar-refractivity contribution in [2.24, 2.45) is 11.7 Å². The number of aromatic nitrogens is 2. The molecular formula is C44H69N5O18. The van der Waals surface area contributed by atoms with Gasteiger partial charge in [-0.15, -0.1) is 0 Å². The Hall–Kier alpha value is -4.59. The van der Waals surface area contributed by atoms with Crippen LogP contribution in [0.5, 0.6) is 0 Å². The number of aliphatic hydroxyl groups excluding tert-OH is 4. The molecule has 3 aliphatic rings. The fraction of sp³-hybridized carbons (Fsp3) is 0.750. The van der Waals surface area contributed by atoms with Crippen LogP contribution in [0, 0.1) is 5.92 Å². The Morgan fingerprint density at radius 2 is 1.55 bits per heavy atom. The number of H-pyrrole nitrogens is 1. The summed E-state index contributed by atoms with van der Waals surface area (Å²) in [6.07, 6.45) is -4.77. The molecule has 9 N–H and O–H groups in total. The summed E-state index contributed by atoms with van der Waals surface area (Å²) in [7, 11) is 2.46. The summed E-state index contributed by atoms with van der Waals surface area (Å²) in [5, 5.41) is 63.8. The molecule has 1 aromatic rings. The van der Waals surface area contributed by atoms with Gasteiger partial charge in [-0.1, -0.05) is 58.1 Å². The standard InChI is InChI=1S/C44H69N5O18/c1-5-6-7-8-9-10-11-12-13-14-15-16-25(63-30(53)20-24(2)19-29(51)52)21-31(54)64-27-23-47(3)33(40(59)48(4)32(27)42(60)61)38(67-43-37(58)34(55)26(22-45)65-43)39-35(56)36(57)41(66-39)49-18-17-28(50)46-44(49)62/h12-13,17-18,24-27,32-39,41,43,55-58H,5-11,14-16,19-23,45H2,1-4H3,(H,51,52)(H,60,61)(H,46,50,62)/b13-12-/t24?,25?,26-,27?,32?,33?,34-,35+,36-,37-,38?,39+,41-,43+/m1/s1. The molecule has 4 rings (SSSR count). The van der Waals surface area contributed by atoms with Crippen LogP contribution in [0.3, 0.4) is 0 Å². The summed E-state index contributed by atoms with van der Waals surface area (Å²) in [6.45, 7) is 2.96. The Labute approximate surface area is 387 Å². The zero-order valence-electron chi connectivity index (χ0n) is 38.5. The third-order valence-electron chi connectivity index (χ3n) is 12.2. The van der Waals surface area contributed by atoms with Crippen molar-refractivity contribution in [3.8, 4) is 0 Å². The van der Waals surface area contributed by atoms with Gasteiger partial charge in [0.1, 0.15) is 61.0 Å². The van der Waals surface area contributed by atoms with E-state index in [1.165, 1.54) is 37.6 Å². The number of nitrogens with zero attached hydrogens (tertiary/aromatic N) is 3. The quantitative estimate of drug-likeness (QED) is 0.0325. The first-order chi connectivity index (χ1) is 31.8. The van der Waals surface area contributed by atoms with E-state index in [1.807, 2.05) is 11.1 Å². The van der Waals surface area contributed by atoms with Gasteiger partial charge in [0.05, 0.1) is 6.42 Å². The summed E-state index contributed by atoms with van der Waals surface area (Å²) >= 11 is 0. The molecule has 0 radical (unpaired) electrons. The van der Waals surface area contributed by atoms with Crippen LogP contribution in [0.15, 0.2) is 34.0 Å². The number of hydrogen-bond acceptors (Lipinski definition) is 18. The minimum absolute atomic E-state index is 0.207. The number of rotatable bonds is 26. The molecule has 14 atom stereocenters. The first-order valence-corrected chi connectivity index (χ1v) is 22.9. The van der Waals surface area contributed by atoms with Gasteiger partial charge in [0, 0.05) is 45.2 Å². The Morgan fingerprint density at radius 1 is 0.881 bits per heavy atom. The molecule has 3 fully saturated rings. The van der Waals surface area contributed by atoms with Gasteiger partial charge in [-0.2, -0.15) is 0 Å². The molecule has 3 aliphatic heterocycles. The predicted octanol–water partition coefficient (Wildman–Crippen LogP) is -0.636. The molecule has 0 aromatic carbocycles. The normalized spacial score (nSPS) is 29.4. The maximum absolute atomic E-state index is 14.5. The Bertz CT molecular complexity index is 1950. The van der Waals surface area contributed by atoms with Crippen LogP contribution in [-0.4, -0.2) is 180 Å². The van der Waals surface area contributed by atoms with Gasteiger partial charge in [-0.05, 0) is 45.1 Å². The predicted molar refractivity (Wildman–Crippen MR) is 234 cm³/mol. The number of nitrogens with two attached hydrogens (primary N) is 1. The summed E-state index contributed by atoms with van der Waals surface area (Å²) in [4.78, 5) is 94.0. The molecule has 1 aromatic heterocycles. The van der Waals surface area contributed by atoms with E-state index in [-0.39, 0.29) is 25.8 Å². The number of carboxylic acids is 2. The number of unbranched alkanes of at least 4 members (excludes halogenated alkanes) is 7. The highest BCUT2D eigenvalue weighted by atomic mass is 16.7. The number of nitrogens with one attached hydrogen (secondary N) is 1. The van der Waals surface area contributed by atoms with Gasteiger partial charge < -0.3 is 65.0 Å². The topological polar surface area (TPSA) is 340 Å². The van der Waals surface area contributed by atoms with Gasteiger partial charge >= 0.3 is 29.6 Å². The van der Waals surface area contributed by atoms with Gasteiger partial charge in [0.2, 0.25) is 5.91 Å². The molecule has 67 heavy (non-hydrogen) atoms. The number of aliphatic hydroxyl groups is 4. The van der Waals surface area contributed by atoms with Crippen LogP contribution in [-0.2, 0) is 47.7 Å². The van der Waals surface area contributed by atoms with Crippen LogP contribution in [0.2, 0.25) is 0 Å². The smallest absolute Gasteiger partial charge is 0.330 e. The van der Waals surface area contributed by atoms with E-state index in [2.05, 4.69) is 13.0 Å². The maximum atomic E-state index is 14.5. The van der Waals surface area contributed by atoms with Crippen molar-refractivity contribution < 1.29 is 78.3 Å². The minimum Gasteiger partial charge on any atom is -0.481 e. The molecule has 0 aliphatic carbocycles.